The van der Waals surface area contributed by atoms with Gasteiger partial charge in [0.25, 0.3) is 11.8 Å². The number of hydrogen-bond acceptors (Lipinski definition) is 4. The number of carbonyl (C=O) groups is 2. The molecule has 1 unspecified atom stereocenters. The zero-order valence-corrected chi connectivity index (χ0v) is 10.7. The minimum atomic E-state index is -0.699. The van der Waals surface area contributed by atoms with Crippen LogP contribution in [-0.2, 0) is 9.63 Å². The summed E-state index contributed by atoms with van der Waals surface area (Å²) >= 11 is 0. The van der Waals surface area contributed by atoms with Crippen molar-refractivity contribution in [3.8, 4) is 0 Å². The maximum Gasteiger partial charge on any atom is 0.287 e. The van der Waals surface area contributed by atoms with Gasteiger partial charge in [0.1, 0.15) is 6.04 Å². The Hall–Kier alpha value is -1.82. The number of rotatable bonds is 6. The summed E-state index contributed by atoms with van der Waals surface area (Å²) in [5, 5.41) is 2.50. The van der Waals surface area contributed by atoms with E-state index in [0.717, 1.165) is 0 Å². The molecule has 1 rings (SSSR count). The van der Waals surface area contributed by atoms with Crippen molar-refractivity contribution < 1.29 is 18.8 Å². The maximum atomic E-state index is 11.6. The first-order valence-corrected chi connectivity index (χ1v) is 5.76. The third-order valence-electron chi connectivity index (χ3n) is 2.08. The molecule has 2 amide bonds. The van der Waals surface area contributed by atoms with Gasteiger partial charge in [-0.1, -0.05) is 13.8 Å². The minimum absolute atomic E-state index is 0.165. The molecule has 100 valence electrons. The zero-order valence-electron chi connectivity index (χ0n) is 10.7. The number of hydrogen-bond donors (Lipinski definition) is 2. The van der Waals surface area contributed by atoms with Gasteiger partial charge in [0.2, 0.25) is 0 Å². The van der Waals surface area contributed by atoms with E-state index in [2.05, 4.69) is 10.8 Å². The van der Waals surface area contributed by atoms with Gasteiger partial charge in [-0.25, -0.2) is 5.48 Å². The van der Waals surface area contributed by atoms with Crippen LogP contribution in [0.3, 0.4) is 0 Å². The van der Waals surface area contributed by atoms with E-state index in [1.807, 2.05) is 13.8 Å². The second-order valence-electron chi connectivity index (χ2n) is 4.34. The third-order valence-corrected chi connectivity index (χ3v) is 2.08. The first kappa shape index (κ1) is 14.2. The fraction of sp³-hybridized carbons (Fsp3) is 0.500. The van der Waals surface area contributed by atoms with Crippen molar-refractivity contribution in [1.29, 1.82) is 0 Å². The summed E-state index contributed by atoms with van der Waals surface area (Å²) < 4.78 is 4.91. The molecule has 0 saturated carbocycles. The van der Waals surface area contributed by atoms with Gasteiger partial charge in [0.15, 0.2) is 5.76 Å². The molecule has 0 fully saturated rings. The second-order valence-corrected chi connectivity index (χ2v) is 4.34. The summed E-state index contributed by atoms with van der Waals surface area (Å²) in [5.41, 5.74) is 2.28. The molecule has 1 aromatic heterocycles. The molecule has 0 aliphatic heterocycles. The monoisotopic (exact) mass is 254 g/mol. The SMILES string of the molecule is CC(C)CONC(=O)C(C)NC(=O)c1ccco1. The summed E-state index contributed by atoms with van der Waals surface area (Å²) in [7, 11) is 0. The molecular weight excluding hydrogens is 236 g/mol. The quantitative estimate of drug-likeness (QED) is 0.745. The topological polar surface area (TPSA) is 80.6 Å². The van der Waals surface area contributed by atoms with Crippen molar-refractivity contribution in [2.75, 3.05) is 6.61 Å². The summed E-state index contributed by atoms with van der Waals surface area (Å²) in [6, 6.07) is 2.43. The van der Waals surface area contributed by atoms with Crippen molar-refractivity contribution in [1.82, 2.24) is 10.8 Å². The largest absolute Gasteiger partial charge is 0.459 e. The molecule has 0 spiro atoms. The van der Waals surface area contributed by atoms with Gasteiger partial charge in [0.05, 0.1) is 12.9 Å². The van der Waals surface area contributed by atoms with Gasteiger partial charge in [0, 0.05) is 0 Å². The van der Waals surface area contributed by atoms with Crippen molar-refractivity contribution >= 4 is 11.8 Å². The van der Waals surface area contributed by atoms with Crippen LogP contribution < -0.4 is 10.8 Å². The Labute approximate surface area is 106 Å². The average Bonchev–Trinajstić information content (AvgIpc) is 2.81. The number of furan rings is 1. The summed E-state index contributed by atoms with van der Waals surface area (Å²) in [5.74, 6) is -0.363. The van der Waals surface area contributed by atoms with Gasteiger partial charge in [-0.15, -0.1) is 0 Å². The van der Waals surface area contributed by atoms with Crippen LogP contribution in [0.1, 0.15) is 31.3 Å². The summed E-state index contributed by atoms with van der Waals surface area (Å²) in [6.07, 6.45) is 1.39. The summed E-state index contributed by atoms with van der Waals surface area (Å²) in [4.78, 5) is 28.1. The molecule has 0 saturated heterocycles. The Morgan fingerprint density at radius 1 is 1.39 bits per heavy atom. The molecule has 0 aromatic carbocycles. The fourth-order valence-corrected chi connectivity index (χ4v) is 1.11. The van der Waals surface area contributed by atoms with E-state index in [1.165, 1.54) is 12.3 Å². The molecule has 1 heterocycles. The highest BCUT2D eigenvalue weighted by Crippen LogP contribution is 2.00. The smallest absolute Gasteiger partial charge is 0.287 e. The first-order chi connectivity index (χ1) is 8.50. The lowest BCUT2D eigenvalue weighted by Crippen LogP contribution is -2.45. The molecule has 2 N–H and O–H groups in total. The van der Waals surface area contributed by atoms with Gasteiger partial charge >= 0.3 is 0 Å². The van der Waals surface area contributed by atoms with E-state index in [-0.39, 0.29) is 5.76 Å². The standard InChI is InChI=1S/C12H18N2O4/c1-8(2)7-18-14-11(15)9(3)13-12(16)10-5-4-6-17-10/h4-6,8-9H,7H2,1-3H3,(H,13,16)(H,14,15). The Bertz CT molecular complexity index is 387. The van der Waals surface area contributed by atoms with Gasteiger partial charge in [-0.05, 0) is 25.0 Å². The normalized spacial score (nSPS) is 12.2. The molecular formula is C12H18N2O4. The third kappa shape index (κ3) is 4.58. The van der Waals surface area contributed by atoms with E-state index in [4.69, 9.17) is 9.25 Å². The van der Waals surface area contributed by atoms with Gasteiger partial charge in [-0.3, -0.25) is 14.4 Å². The van der Waals surface area contributed by atoms with Crippen LogP contribution in [-0.4, -0.2) is 24.5 Å². The lowest BCUT2D eigenvalue weighted by molar-refractivity contribution is -0.135. The first-order valence-electron chi connectivity index (χ1n) is 5.76. The maximum absolute atomic E-state index is 11.6. The minimum Gasteiger partial charge on any atom is -0.459 e. The lowest BCUT2D eigenvalue weighted by atomic mass is 10.2. The number of nitrogens with one attached hydrogen (secondary N) is 2. The van der Waals surface area contributed by atoms with Crippen molar-refractivity contribution in [3.05, 3.63) is 24.2 Å². The Kier molecular flexibility index (Phi) is 5.38. The highest BCUT2D eigenvalue weighted by atomic mass is 16.7. The van der Waals surface area contributed by atoms with Crippen LogP contribution in [0.5, 0.6) is 0 Å². The molecule has 0 bridgehead atoms. The lowest BCUT2D eigenvalue weighted by Gasteiger charge is -2.13. The molecule has 0 radical (unpaired) electrons. The molecule has 0 aliphatic carbocycles. The van der Waals surface area contributed by atoms with E-state index < -0.39 is 17.9 Å². The average molecular weight is 254 g/mol. The Balaban J connectivity index is 2.33. The Morgan fingerprint density at radius 3 is 2.67 bits per heavy atom. The Morgan fingerprint density at radius 2 is 2.11 bits per heavy atom. The van der Waals surface area contributed by atoms with Crippen LogP contribution in [0.25, 0.3) is 0 Å². The van der Waals surface area contributed by atoms with Gasteiger partial charge in [-0.2, -0.15) is 0 Å². The molecule has 1 aromatic rings. The van der Waals surface area contributed by atoms with E-state index in [0.29, 0.717) is 12.5 Å². The van der Waals surface area contributed by atoms with E-state index in [1.54, 1.807) is 13.0 Å². The molecule has 6 heteroatoms. The van der Waals surface area contributed by atoms with E-state index in [9.17, 15) is 9.59 Å². The zero-order chi connectivity index (χ0) is 13.5. The van der Waals surface area contributed by atoms with Crippen LogP contribution in [0.15, 0.2) is 22.8 Å². The molecule has 6 nitrogen and oxygen atoms in total. The molecule has 0 aliphatic rings. The highest BCUT2D eigenvalue weighted by molar-refractivity contribution is 5.95. The molecule has 18 heavy (non-hydrogen) atoms. The van der Waals surface area contributed by atoms with Crippen LogP contribution in [0.4, 0.5) is 0 Å². The van der Waals surface area contributed by atoms with E-state index >= 15 is 0 Å². The predicted molar refractivity (Wildman–Crippen MR) is 64.6 cm³/mol. The summed E-state index contributed by atoms with van der Waals surface area (Å²) in [6.45, 7) is 5.92. The second kappa shape index (κ2) is 6.80. The predicted octanol–water partition coefficient (Wildman–Crippen LogP) is 1.10. The highest BCUT2D eigenvalue weighted by Gasteiger charge is 2.18. The van der Waals surface area contributed by atoms with Crippen molar-refractivity contribution in [3.63, 3.8) is 0 Å². The molecule has 1 atom stereocenters. The van der Waals surface area contributed by atoms with Crippen LogP contribution in [0.2, 0.25) is 0 Å². The van der Waals surface area contributed by atoms with Crippen molar-refractivity contribution in [2.45, 2.75) is 26.8 Å². The van der Waals surface area contributed by atoms with Crippen LogP contribution in [0, 0.1) is 5.92 Å². The van der Waals surface area contributed by atoms with Gasteiger partial charge < -0.3 is 9.73 Å². The van der Waals surface area contributed by atoms with Crippen LogP contribution >= 0.6 is 0 Å². The fourth-order valence-electron chi connectivity index (χ4n) is 1.11. The number of carbonyl (C=O) groups excluding carboxylic acids is 2. The van der Waals surface area contributed by atoms with Crippen molar-refractivity contribution in [2.24, 2.45) is 5.92 Å². The number of amides is 2. The number of hydroxylamine groups is 1.